The Hall–Kier alpha value is -1.64. The number of hydrogen-bond donors (Lipinski definition) is 0. The molecule has 1 heterocycles. The molecule has 210 valence electrons. The van der Waals surface area contributed by atoms with Gasteiger partial charge in [-0.15, -0.1) is 0 Å². The van der Waals surface area contributed by atoms with Gasteiger partial charge < -0.3 is 4.74 Å². The van der Waals surface area contributed by atoms with Gasteiger partial charge >= 0.3 is 5.97 Å². The third-order valence-corrected chi connectivity index (χ3v) is 12.1. The SMILES string of the molecule is CCC(CC(C)C)CC(C)C1CCC2C3CC=C4CC(OC(=O)c5cccnc5)CCC4(C)C3CCC12C. The first-order chi connectivity index (χ1) is 18.2. The fraction of sp³-hybridized carbons (Fsp3) is 0.771. The fourth-order valence-electron chi connectivity index (χ4n) is 10.2. The van der Waals surface area contributed by atoms with Crippen molar-refractivity contribution in [1.82, 2.24) is 4.98 Å². The smallest absolute Gasteiger partial charge is 0.339 e. The molecule has 0 aromatic carbocycles. The minimum absolute atomic E-state index is 0.00139. The maximum Gasteiger partial charge on any atom is 0.339 e. The van der Waals surface area contributed by atoms with E-state index in [1.165, 1.54) is 51.4 Å². The minimum atomic E-state index is -0.223. The summed E-state index contributed by atoms with van der Waals surface area (Å²) in [5.41, 5.74) is 2.95. The first-order valence-corrected chi connectivity index (χ1v) is 16.0. The van der Waals surface area contributed by atoms with Crippen LogP contribution in [-0.4, -0.2) is 17.1 Å². The lowest BCUT2D eigenvalue weighted by Crippen LogP contribution is -2.51. The van der Waals surface area contributed by atoms with Crippen LogP contribution in [0.2, 0.25) is 0 Å². The molecule has 9 atom stereocenters. The van der Waals surface area contributed by atoms with Crippen LogP contribution >= 0.6 is 0 Å². The Morgan fingerprint density at radius 1 is 1.08 bits per heavy atom. The van der Waals surface area contributed by atoms with E-state index in [4.69, 9.17) is 4.74 Å². The fourth-order valence-corrected chi connectivity index (χ4v) is 10.2. The van der Waals surface area contributed by atoms with Gasteiger partial charge in [0, 0.05) is 18.8 Å². The summed E-state index contributed by atoms with van der Waals surface area (Å²) >= 11 is 0. The summed E-state index contributed by atoms with van der Waals surface area (Å²) in [6.07, 6.45) is 20.1. The Morgan fingerprint density at radius 3 is 2.61 bits per heavy atom. The molecular formula is C35H53NO2. The predicted octanol–water partition coefficient (Wildman–Crippen LogP) is 9.28. The number of rotatable bonds is 8. The number of fused-ring (bicyclic) bond motifs is 5. The van der Waals surface area contributed by atoms with Crippen LogP contribution in [0.4, 0.5) is 0 Å². The first-order valence-electron chi connectivity index (χ1n) is 16.0. The molecule has 38 heavy (non-hydrogen) atoms. The second-order valence-corrected chi connectivity index (χ2v) is 14.6. The van der Waals surface area contributed by atoms with Crippen molar-refractivity contribution in [1.29, 1.82) is 0 Å². The lowest BCUT2D eigenvalue weighted by atomic mass is 9.47. The van der Waals surface area contributed by atoms with Gasteiger partial charge in [-0.05, 0) is 122 Å². The van der Waals surface area contributed by atoms with Gasteiger partial charge in [-0.25, -0.2) is 4.79 Å². The molecule has 0 saturated heterocycles. The molecule has 0 bridgehead atoms. The van der Waals surface area contributed by atoms with Gasteiger partial charge in [0.1, 0.15) is 6.10 Å². The van der Waals surface area contributed by atoms with E-state index in [1.54, 1.807) is 30.1 Å². The highest BCUT2D eigenvalue weighted by Crippen LogP contribution is 2.67. The predicted molar refractivity (Wildman–Crippen MR) is 156 cm³/mol. The number of aromatic nitrogens is 1. The molecular weight excluding hydrogens is 466 g/mol. The zero-order chi connectivity index (χ0) is 27.1. The van der Waals surface area contributed by atoms with Crippen molar-refractivity contribution in [2.45, 2.75) is 118 Å². The highest BCUT2D eigenvalue weighted by Gasteiger charge is 2.59. The highest BCUT2D eigenvalue weighted by molar-refractivity contribution is 5.89. The summed E-state index contributed by atoms with van der Waals surface area (Å²) in [5, 5.41) is 0. The molecule has 1 aromatic rings. The van der Waals surface area contributed by atoms with Gasteiger partial charge in [-0.2, -0.15) is 0 Å². The van der Waals surface area contributed by atoms with Crippen molar-refractivity contribution in [3.63, 3.8) is 0 Å². The lowest BCUT2D eigenvalue weighted by Gasteiger charge is -2.58. The third kappa shape index (κ3) is 5.13. The maximum atomic E-state index is 12.7. The van der Waals surface area contributed by atoms with Crippen molar-refractivity contribution in [2.24, 2.45) is 52.3 Å². The molecule has 0 amide bonds. The number of allylic oxidation sites excluding steroid dienone is 1. The summed E-state index contributed by atoms with van der Waals surface area (Å²) in [4.78, 5) is 16.8. The van der Waals surface area contributed by atoms with Gasteiger partial charge in [0.15, 0.2) is 0 Å². The Kier molecular flexibility index (Phi) is 8.14. The van der Waals surface area contributed by atoms with Gasteiger partial charge in [-0.3, -0.25) is 4.98 Å². The second kappa shape index (κ2) is 11.1. The Morgan fingerprint density at radius 2 is 1.89 bits per heavy atom. The number of pyridine rings is 1. The van der Waals surface area contributed by atoms with E-state index < -0.39 is 0 Å². The minimum Gasteiger partial charge on any atom is -0.458 e. The second-order valence-electron chi connectivity index (χ2n) is 14.6. The number of hydrogen-bond acceptors (Lipinski definition) is 3. The van der Waals surface area contributed by atoms with Crippen LogP contribution in [0.15, 0.2) is 36.2 Å². The van der Waals surface area contributed by atoms with Gasteiger partial charge in [0.05, 0.1) is 5.56 Å². The van der Waals surface area contributed by atoms with Crippen molar-refractivity contribution < 1.29 is 9.53 Å². The summed E-state index contributed by atoms with van der Waals surface area (Å²) in [5.74, 6) is 5.75. The molecule has 0 aliphatic heterocycles. The van der Waals surface area contributed by atoms with E-state index in [2.05, 4.69) is 52.6 Å². The van der Waals surface area contributed by atoms with E-state index in [1.807, 2.05) is 0 Å². The normalized spacial score (nSPS) is 38.0. The van der Waals surface area contributed by atoms with Crippen molar-refractivity contribution in [3.05, 3.63) is 41.7 Å². The molecule has 3 heteroatoms. The van der Waals surface area contributed by atoms with Crippen LogP contribution in [0.25, 0.3) is 0 Å². The Balaban J connectivity index is 1.26. The van der Waals surface area contributed by atoms with Crippen LogP contribution in [0, 0.1) is 52.3 Å². The molecule has 0 N–H and O–H groups in total. The first kappa shape index (κ1) is 27.9. The standard InChI is InChI=1S/C35H53NO2/c1-7-25(19-23(2)3)20-24(4)30-12-13-31-29-11-10-27-21-28(38-33(37)26-9-8-18-36-22-26)14-16-34(27,5)32(29)15-17-35(30,31)6/h8-10,18,22-25,28-32H,7,11-17,19-21H2,1-6H3. The Bertz CT molecular complexity index is 1000. The topological polar surface area (TPSA) is 39.2 Å². The van der Waals surface area contributed by atoms with Gasteiger partial charge in [0.2, 0.25) is 0 Å². The number of carbonyl (C=O) groups is 1. The summed E-state index contributed by atoms with van der Waals surface area (Å²) in [7, 11) is 0. The number of ether oxygens (including phenoxy) is 1. The molecule has 0 radical (unpaired) electrons. The zero-order valence-electron chi connectivity index (χ0n) is 25.0. The quantitative estimate of drug-likeness (QED) is 0.254. The average Bonchev–Trinajstić information content (AvgIpc) is 3.26. The van der Waals surface area contributed by atoms with E-state index in [0.29, 0.717) is 11.0 Å². The summed E-state index contributed by atoms with van der Waals surface area (Å²) in [6.45, 7) is 15.1. The largest absolute Gasteiger partial charge is 0.458 e. The number of carbonyl (C=O) groups excluding carboxylic acids is 1. The van der Waals surface area contributed by atoms with E-state index in [-0.39, 0.29) is 17.5 Å². The van der Waals surface area contributed by atoms with Gasteiger partial charge in [-0.1, -0.05) is 59.6 Å². The molecule has 4 aliphatic carbocycles. The number of esters is 1. The maximum absolute atomic E-state index is 12.7. The van der Waals surface area contributed by atoms with E-state index in [0.717, 1.165) is 60.7 Å². The lowest BCUT2D eigenvalue weighted by molar-refractivity contribution is -0.0602. The van der Waals surface area contributed by atoms with Crippen LogP contribution in [0.5, 0.6) is 0 Å². The monoisotopic (exact) mass is 519 g/mol. The highest BCUT2D eigenvalue weighted by atomic mass is 16.5. The average molecular weight is 520 g/mol. The summed E-state index contributed by atoms with van der Waals surface area (Å²) in [6, 6.07) is 3.60. The van der Waals surface area contributed by atoms with Gasteiger partial charge in [0.25, 0.3) is 0 Å². The third-order valence-electron chi connectivity index (χ3n) is 12.1. The van der Waals surface area contributed by atoms with E-state index in [9.17, 15) is 4.79 Å². The van der Waals surface area contributed by atoms with Crippen molar-refractivity contribution in [3.8, 4) is 0 Å². The van der Waals surface area contributed by atoms with Crippen LogP contribution < -0.4 is 0 Å². The van der Waals surface area contributed by atoms with Crippen LogP contribution in [0.1, 0.15) is 123 Å². The number of nitrogens with zero attached hydrogens (tertiary/aromatic N) is 1. The summed E-state index contributed by atoms with van der Waals surface area (Å²) < 4.78 is 5.98. The molecule has 5 rings (SSSR count). The van der Waals surface area contributed by atoms with Crippen LogP contribution in [-0.2, 0) is 4.74 Å². The molecule has 0 spiro atoms. The molecule has 1 aromatic heterocycles. The van der Waals surface area contributed by atoms with Crippen LogP contribution in [0.3, 0.4) is 0 Å². The van der Waals surface area contributed by atoms with E-state index >= 15 is 0 Å². The van der Waals surface area contributed by atoms with Crippen molar-refractivity contribution >= 4 is 5.97 Å². The molecule has 4 aliphatic rings. The molecule has 3 fully saturated rings. The Labute approximate surface area is 232 Å². The van der Waals surface area contributed by atoms with Crippen molar-refractivity contribution in [2.75, 3.05) is 0 Å². The molecule has 3 nitrogen and oxygen atoms in total. The molecule has 9 unspecified atom stereocenters. The molecule has 3 saturated carbocycles. The zero-order valence-corrected chi connectivity index (χ0v) is 25.0.